The second-order valence-electron chi connectivity index (χ2n) is 5.95. The molecule has 0 spiro atoms. The molecule has 0 bridgehead atoms. The van der Waals surface area contributed by atoms with Crippen LogP contribution in [0.5, 0.6) is 0 Å². The molecule has 0 aliphatic carbocycles. The summed E-state index contributed by atoms with van der Waals surface area (Å²) in [7, 11) is 2.04. The van der Waals surface area contributed by atoms with E-state index in [9.17, 15) is 4.39 Å². The van der Waals surface area contributed by atoms with Crippen LogP contribution in [0.25, 0.3) is 0 Å². The van der Waals surface area contributed by atoms with Gasteiger partial charge < -0.3 is 5.32 Å². The number of rotatable bonds is 6. The quantitative estimate of drug-likeness (QED) is 0.619. The van der Waals surface area contributed by atoms with Crippen LogP contribution >= 0.6 is 23.6 Å². The molecule has 0 unspecified atom stereocenters. The van der Waals surface area contributed by atoms with E-state index in [2.05, 4.69) is 46.5 Å². The first-order valence-electron chi connectivity index (χ1n) is 7.84. The third-order valence-corrected chi connectivity index (χ3v) is 4.87. The van der Waals surface area contributed by atoms with Gasteiger partial charge in [0.1, 0.15) is 5.82 Å². The van der Waals surface area contributed by atoms with E-state index in [1.807, 2.05) is 7.05 Å². The van der Waals surface area contributed by atoms with Crippen molar-refractivity contribution < 1.29 is 4.39 Å². The van der Waals surface area contributed by atoms with Gasteiger partial charge in [-0.1, -0.05) is 41.2 Å². The molecule has 7 heteroatoms. The topological polar surface area (TPSA) is 33.1 Å². The zero-order valence-electron chi connectivity index (χ0n) is 14.1. The van der Waals surface area contributed by atoms with E-state index in [1.54, 1.807) is 16.8 Å². The predicted molar refractivity (Wildman–Crippen MR) is 103 cm³/mol. The molecule has 2 aromatic carbocycles. The van der Waals surface area contributed by atoms with Gasteiger partial charge in [-0.15, -0.1) is 5.10 Å². The summed E-state index contributed by atoms with van der Waals surface area (Å²) in [6, 6.07) is 14.7. The second-order valence-corrected chi connectivity index (χ2v) is 7.57. The van der Waals surface area contributed by atoms with Crippen molar-refractivity contribution in [2.45, 2.75) is 20.1 Å². The van der Waals surface area contributed by atoms with Crippen molar-refractivity contribution in [3.8, 4) is 0 Å². The maximum Gasteiger partial charge on any atom is 0.209 e. The van der Waals surface area contributed by atoms with Crippen LogP contribution in [0.3, 0.4) is 0 Å². The standard InChI is InChI=1S/C18H19FN4S2/c1-13-3-5-14(6-4-13)11-22(2)12-23-18(24)25-17(21-23)20-16-9-7-15(19)8-10-16/h3-10H,11-12H2,1-2H3,(H,20,21). The Hall–Kier alpha value is -2.09. The Kier molecular flexibility index (Phi) is 5.57. The van der Waals surface area contributed by atoms with Gasteiger partial charge in [-0.2, -0.15) is 0 Å². The maximum atomic E-state index is 13.0. The molecule has 1 aromatic heterocycles. The Balaban J connectivity index is 1.64. The molecule has 0 fully saturated rings. The summed E-state index contributed by atoms with van der Waals surface area (Å²) < 4.78 is 15.5. The Morgan fingerprint density at radius 2 is 1.84 bits per heavy atom. The number of aromatic nitrogens is 2. The van der Waals surface area contributed by atoms with Crippen molar-refractivity contribution in [1.82, 2.24) is 14.7 Å². The molecule has 130 valence electrons. The Morgan fingerprint density at radius 1 is 1.16 bits per heavy atom. The summed E-state index contributed by atoms with van der Waals surface area (Å²) in [6.07, 6.45) is 0. The average Bonchev–Trinajstić information content (AvgIpc) is 2.91. The van der Waals surface area contributed by atoms with Crippen molar-refractivity contribution in [3.05, 3.63) is 69.4 Å². The normalized spacial score (nSPS) is 11.0. The fourth-order valence-corrected chi connectivity index (χ4v) is 3.40. The van der Waals surface area contributed by atoms with Gasteiger partial charge in [-0.3, -0.25) is 4.90 Å². The molecule has 3 rings (SSSR count). The lowest BCUT2D eigenvalue weighted by Crippen LogP contribution is -2.22. The summed E-state index contributed by atoms with van der Waals surface area (Å²) in [5.74, 6) is -0.263. The molecular formula is C18H19FN4S2. The first kappa shape index (κ1) is 17.7. The minimum atomic E-state index is -0.263. The van der Waals surface area contributed by atoms with Crippen LogP contribution < -0.4 is 5.32 Å². The number of nitrogens with one attached hydrogen (secondary N) is 1. The van der Waals surface area contributed by atoms with Crippen LogP contribution in [0, 0.1) is 16.7 Å². The smallest absolute Gasteiger partial charge is 0.209 e. The molecule has 1 N–H and O–H groups in total. The van der Waals surface area contributed by atoms with Crippen LogP contribution in [0.15, 0.2) is 48.5 Å². The Labute approximate surface area is 155 Å². The lowest BCUT2D eigenvalue weighted by atomic mass is 10.1. The molecule has 0 saturated heterocycles. The number of nitrogens with zero attached hydrogens (tertiary/aromatic N) is 3. The third kappa shape index (κ3) is 4.94. The van der Waals surface area contributed by atoms with Crippen molar-refractivity contribution in [2.75, 3.05) is 12.4 Å². The highest BCUT2D eigenvalue weighted by Crippen LogP contribution is 2.20. The van der Waals surface area contributed by atoms with Gasteiger partial charge in [0.25, 0.3) is 0 Å². The molecule has 0 aliphatic rings. The number of benzene rings is 2. The van der Waals surface area contributed by atoms with Crippen LogP contribution in [0.1, 0.15) is 11.1 Å². The molecule has 3 aromatic rings. The van der Waals surface area contributed by atoms with Gasteiger partial charge >= 0.3 is 0 Å². The summed E-state index contributed by atoms with van der Waals surface area (Å²) in [6.45, 7) is 3.51. The van der Waals surface area contributed by atoms with Gasteiger partial charge in [-0.25, -0.2) is 9.07 Å². The van der Waals surface area contributed by atoms with E-state index in [0.717, 1.165) is 12.2 Å². The summed E-state index contributed by atoms with van der Waals surface area (Å²) >= 11 is 6.80. The highest BCUT2D eigenvalue weighted by atomic mass is 32.1. The van der Waals surface area contributed by atoms with Gasteiger partial charge in [0.05, 0.1) is 6.67 Å². The Bertz CT molecular complexity index is 885. The Morgan fingerprint density at radius 3 is 2.52 bits per heavy atom. The highest BCUT2D eigenvalue weighted by Gasteiger charge is 2.07. The second kappa shape index (κ2) is 7.86. The van der Waals surface area contributed by atoms with E-state index in [-0.39, 0.29) is 5.82 Å². The fourth-order valence-electron chi connectivity index (χ4n) is 2.39. The lowest BCUT2D eigenvalue weighted by Gasteiger charge is -2.16. The molecule has 4 nitrogen and oxygen atoms in total. The van der Waals surface area contributed by atoms with Crippen molar-refractivity contribution in [1.29, 1.82) is 0 Å². The van der Waals surface area contributed by atoms with Crippen LogP contribution in [-0.4, -0.2) is 21.7 Å². The minimum Gasteiger partial charge on any atom is -0.330 e. The number of aryl methyl sites for hydroxylation is 1. The number of anilines is 2. The largest absolute Gasteiger partial charge is 0.330 e. The summed E-state index contributed by atoms with van der Waals surface area (Å²) in [5.41, 5.74) is 3.29. The number of hydrogen-bond donors (Lipinski definition) is 1. The van der Waals surface area contributed by atoms with Gasteiger partial charge in [-0.05, 0) is 56.0 Å². The van der Waals surface area contributed by atoms with Crippen molar-refractivity contribution in [2.24, 2.45) is 0 Å². The van der Waals surface area contributed by atoms with Crippen molar-refractivity contribution in [3.63, 3.8) is 0 Å². The van der Waals surface area contributed by atoms with E-state index >= 15 is 0 Å². The zero-order chi connectivity index (χ0) is 17.8. The van der Waals surface area contributed by atoms with Crippen LogP contribution in [0.4, 0.5) is 15.2 Å². The van der Waals surface area contributed by atoms with Gasteiger partial charge in [0, 0.05) is 12.2 Å². The molecule has 0 atom stereocenters. The monoisotopic (exact) mass is 374 g/mol. The molecule has 1 heterocycles. The minimum absolute atomic E-state index is 0.263. The van der Waals surface area contributed by atoms with E-state index in [0.29, 0.717) is 15.8 Å². The molecule has 0 aliphatic heterocycles. The number of halogens is 1. The molecule has 0 radical (unpaired) electrons. The molecular weight excluding hydrogens is 355 g/mol. The summed E-state index contributed by atoms with van der Waals surface area (Å²) in [4.78, 5) is 2.15. The SMILES string of the molecule is Cc1ccc(CN(C)Cn2nc(Nc3ccc(F)cc3)sc2=S)cc1. The lowest BCUT2D eigenvalue weighted by molar-refractivity contribution is 0.245. The average molecular weight is 375 g/mol. The zero-order valence-corrected chi connectivity index (χ0v) is 15.7. The van der Waals surface area contributed by atoms with E-state index in [1.165, 1.54) is 34.6 Å². The fraction of sp³-hybridized carbons (Fsp3) is 0.222. The van der Waals surface area contributed by atoms with E-state index < -0.39 is 0 Å². The van der Waals surface area contributed by atoms with Gasteiger partial charge in [0.15, 0.2) is 3.95 Å². The van der Waals surface area contributed by atoms with Gasteiger partial charge in [0.2, 0.25) is 5.13 Å². The maximum absolute atomic E-state index is 13.0. The molecule has 0 saturated carbocycles. The predicted octanol–water partition coefficient (Wildman–Crippen LogP) is 4.95. The van der Waals surface area contributed by atoms with E-state index in [4.69, 9.17) is 12.2 Å². The third-order valence-electron chi connectivity index (χ3n) is 3.65. The van der Waals surface area contributed by atoms with Crippen LogP contribution in [-0.2, 0) is 13.2 Å². The van der Waals surface area contributed by atoms with Crippen LogP contribution in [0.2, 0.25) is 0 Å². The summed E-state index contributed by atoms with van der Waals surface area (Å²) in [5, 5.41) is 8.36. The van der Waals surface area contributed by atoms with Crippen molar-refractivity contribution >= 4 is 34.4 Å². The molecule has 25 heavy (non-hydrogen) atoms. The molecule has 0 amide bonds. The number of hydrogen-bond acceptors (Lipinski definition) is 5. The first-order valence-corrected chi connectivity index (χ1v) is 9.07. The first-order chi connectivity index (χ1) is 12.0. The highest BCUT2D eigenvalue weighted by molar-refractivity contribution is 7.73.